The Labute approximate surface area is 145 Å². The second kappa shape index (κ2) is 7.48. The van der Waals surface area contributed by atoms with E-state index in [1.807, 2.05) is 12.1 Å². The summed E-state index contributed by atoms with van der Waals surface area (Å²) in [4.78, 5) is 6.71. The molecular weight excluding hydrogens is 292 g/mol. The van der Waals surface area contributed by atoms with Crippen LogP contribution in [0, 0.1) is 12.8 Å². The van der Waals surface area contributed by atoms with Crippen molar-refractivity contribution in [3.8, 4) is 0 Å². The lowest BCUT2D eigenvalue weighted by molar-refractivity contribution is 0.513. The molecule has 0 aliphatic heterocycles. The first-order valence-electron chi connectivity index (χ1n) is 8.73. The van der Waals surface area contributed by atoms with E-state index in [0.717, 1.165) is 17.9 Å². The van der Waals surface area contributed by atoms with Gasteiger partial charge in [0.05, 0.1) is 11.4 Å². The number of nitrogens with zero attached hydrogens (tertiary/aromatic N) is 2. The topological polar surface area (TPSA) is 15.6 Å². The van der Waals surface area contributed by atoms with Gasteiger partial charge in [-0.05, 0) is 50.1 Å². The van der Waals surface area contributed by atoms with Crippen LogP contribution in [0.15, 0.2) is 65.7 Å². The van der Waals surface area contributed by atoms with Crippen molar-refractivity contribution in [3.63, 3.8) is 0 Å². The van der Waals surface area contributed by atoms with E-state index in [2.05, 4.69) is 79.0 Å². The molecule has 0 amide bonds. The Bertz CT molecular complexity index is 715. The van der Waals surface area contributed by atoms with Gasteiger partial charge in [0.1, 0.15) is 0 Å². The lowest BCUT2D eigenvalue weighted by Gasteiger charge is -2.35. The average Bonchev–Trinajstić information content (AvgIpc) is 2.62. The van der Waals surface area contributed by atoms with Crippen molar-refractivity contribution in [3.05, 3.63) is 71.8 Å². The molecule has 2 unspecified atom stereocenters. The van der Waals surface area contributed by atoms with Gasteiger partial charge in [-0.2, -0.15) is 0 Å². The van der Waals surface area contributed by atoms with Gasteiger partial charge in [-0.15, -0.1) is 0 Å². The van der Waals surface area contributed by atoms with E-state index < -0.39 is 0 Å². The van der Waals surface area contributed by atoms with E-state index >= 15 is 0 Å². The van der Waals surface area contributed by atoms with E-state index in [1.54, 1.807) is 0 Å². The van der Waals surface area contributed by atoms with Gasteiger partial charge in [0.25, 0.3) is 0 Å². The van der Waals surface area contributed by atoms with Gasteiger partial charge in [-0.3, -0.25) is 4.99 Å². The van der Waals surface area contributed by atoms with Crippen LogP contribution < -0.4 is 4.90 Å². The van der Waals surface area contributed by atoms with Crippen molar-refractivity contribution < 1.29 is 0 Å². The van der Waals surface area contributed by atoms with E-state index in [0.29, 0.717) is 12.0 Å². The normalized spacial score (nSPS) is 19.9. The zero-order chi connectivity index (χ0) is 16.9. The highest BCUT2D eigenvalue weighted by molar-refractivity contribution is 5.69. The Morgan fingerprint density at radius 2 is 1.79 bits per heavy atom. The van der Waals surface area contributed by atoms with Crippen LogP contribution >= 0.6 is 0 Å². The number of para-hydroxylation sites is 2. The molecule has 24 heavy (non-hydrogen) atoms. The van der Waals surface area contributed by atoms with Crippen molar-refractivity contribution in [2.45, 2.75) is 39.3 Å². The summed E-state index contributed by atoms with van der Waals surface area (Å²) in [5, 5.41) is 0. The molecular formula is C22H26N2. The molecule has 1 aliphatic rings. The lowest BCUT2D eigenvalue weighted by atomic mass is 9.92. The van der Waals surface area contributed by atoms with Crippen LogP contribution in [0.5, 0.6) is 0 Å². The number of hydrogen-bond donors (Lipinski definition) is 0. The van der Waals surface area contributed by atoms with Gasteiger partial charge >= 0.3 is 0 Å². The zero-order valence-corrected chi connectivity index (χ0v) is 14.7. The van der Waals surface area contributed by atoms with Gasteiger partial charge in [0.2, 0.25) is 0 Å². The molecule has 0 aromatic heterocycles. The van der Waals surface area contributed by atoms with Crippen molar-refractivity contribution in [2.24, 2.45) is 10.9 Å². The van der Waals surface area contributed by atoms with Crippen molar-refractivity contribution in [2.75, 3.05) is 4.90 Å². The van der Waals surface area contributed by atoms with Crippen molar-refractivity contribution in [1.82, 2.24) is 0 Å². The smallest absolute Gasteiger partial charge is 0.0856 e. The molecule has 2 atom stereocenters. The minimum Gasteiger partial charge on any atom is -0.359 e. The van der Waals surface area contributed by atoms with Gasteiger partial charge < -0.3 is 4.90 Å². The first-order valence-corrected chi connectivity index (χ1v) is 8.73. The number of rotatable bonds is 5. The van der Waals surface area contributed by atoms with Crippen molar-refractivity contribution in [1.29, 1.82) is 0 Å². The minimum atomic E-state index is 0.408. The fourth-order valence-electron chi connectivity index (χ4n) is 3.32. The minimum absolute atomic E-state index is 0.408. The third-order valence-corrected chi connectivity index (χ3v) is 4.81. The molecule has 0 radical (unpaired) electrons. The Hall–Kier alpha value is -2.35. The number of benzene rings is 2. The SMILES string of the molecule is C=Nc1ccccc1N(Cc1ccc(C)cc1)C1C=CC(C)CC1. The zero-order valence-electron chi connectivity index (χ0n) is 14.7. The first-order chi connectivity index (χ1) is 11.7. The van der Waals surface area contributed by atoms with Crippen LogP contribution in [0.4, 0.5) is 11.4 Å². The van der Waals surface area contributed by atoms with Crippen LogP contribution in [0.2, 0.25) is 0 Å². The Kier molecular flexibility index (Phi) is 5.14. The molecule has 0 heterocycles. The van der Waals surface area contributed by atoms with E-state index in [1.165, 1.54) is 24.0 Å². The maximum Gasteiger partial charge on any atom is 0.0856 e. The molecule has 0 saturated carbocycles. The fourth-order valence-corrected chi connectivity index (χ4v) is 3.32. The van der Waals surface area contributed by atoms with E-state index in [-0.39, 0.29) is 0 Å². The van der Waals surface area contributed by atoms with Crippen LogP contribution in [0.25, 0.3) is 0 Å². The molecule has 2 aromatic carbocycles. The summed E-state index contributed by atoms with van der Waals surface area (Å²) in [6.45, 7) is 9.06. The second-order valence-corrected chi connectivity index (χ2v) is 6.77. The van der Waals surface area contributed by atoms with Gasteiger partial charge in [0, 0.05) is 12.6 Å². The molecule has 0 bridgehead atoms. The number of allylic oxidation sites excluding steroid dienone is 1. The maximum absolute atomic E-state index is 4.24. The van der Waals surface area contributed by atoms with E-state index in [4.69, 9.17) is 0 Å². The predicted molar refractivity (Wildman–Crippen MR) is 104 cm³/mol. The number of hydrogen-bond acceptors (Lipinski definition) is 2. The highest BCUT2D eigenvalue weighted by atomic mass is 15.2. The van der Waals surface area contributed by atoms with Crippen LogP contribution in [-0.2, 0) is 6.54 Å². The average molecular weight is 318 g/mol. The maximum atomic E-state index is 4.24. The van der Waals surface area contributed by atoms with Crippen molar-refractivity contribution >= 4 is 18.1 Å². The van der Waals surface area contributed by atoms with Gasteiger partial charge in [-0.25, -0.2) is 0 Å². The molecule has 3 rings (SSSR count). The van der Waals surface area contributed by atoms with Gasteiger partial charge in [-0.1, -0.05) is 61.0 Å². The largest absolute Gasteiger partial charge is 0.359 e. The summed E-state index contributed by atoms with van der Waals surface area (Å²) in [5.74, 6) is 0.676. The second-order valence-electron chi connectivity index (χ2n) is 6.77. The van der Waals surface area contributed by atoms with Crippen LogP contribution in [0.1, 0.15) is 30.9 Å². The quantitative estimate of drug-likeness (QED) is 0.511. The summed E-state index contributed by atoms with van der Waals surface area (Å²) in [6.07, 6.45) is 7.12. The standard InChI is InChI=1S/C22H26N2/c1-17-8-12-19(13-9-17)16-24(20-14-10-18(2)11-15-20)22-7-5-4-6-21(22)23-3/h4-10,12-14,18,20H,3,11,15-16H2,1-2H3. The molecule has 0 fully saturated rings. The molecule has 1 aliphatic carbocycles. The lowest BCUT2D eigenvalue weighted by Crippen LogP contribution is -2.35. The third-order valence-electron chi connectivity index (χ3n) is 4.81. The molecule has 2 aromatic rings. The number of aryl methyl sites for hydroxylation is 1. The number of anilines is 1. The first kappa shape index (κ1) is 16.5. The predicted octanol–water partition coefficient (Wildman–Crippen LogP) is 5.69. The Morgan fingerprint density at radius 3 is 2.46 bits per heavy atom. The molecule has 0 spiro atoms. The Balaban J connectivity index is 1.95. The summed E-state index contributed by atoms with van der Waals surface area (Å²) in [6, 6.07) is 17.5. The molecule has 2 nitrogen and oxygen atoms in total. The summed E-state index contributed by atoms with van der Waals surface area (Å²) in [7, 11) is 0. The molecule has 2 heteroatoms. The van der Waals surface area contributed by atoms with Crippen LogP contribution in [-0.4, -0.2) is 12.8 Å². The summed E-state index contributed by atoms with van der Waals surface area (Å²) < 4.78 is 0. The highest BCUT2D eigenvalue weighted by Gasteiger charge is 2.22. The fraction of sp³-hybridized carbons (Fsp3) is 0.318. The van der Waals surface area contributed by atoms with Gasteiger partial charge in [0.15, 0.2) is 0 Å². The van der Waals surface area contributed by atoms with E-state index in [9.17, 15) is 0 Å². The third kappa shape index (κ3) is 3.76. The molecule has 0 N–H and O–H groups in total. The Morgan fingerprint density at radius 1 is 1.04 bits per heavy atom. The monoisotopic (exact) mass is 318 g/mol. The summed E-state index contributed by atoms with van der Waals surface area (Å²) >= 11 is 0. The summed E-state index contributed by atoms with van der Waals surface area (Å²) in [5.41, 5.74) is 4.74. The number of aliphatic imine (C=N–C) groups is 1. The molecule has 0 saturated heterocycles. The highest BCUT2D eigenvalue weighted by Crippen LogP contribution is 2.34. The van der Waals surface area contributed by atoms with Crippen LogP contribution in [0.3, 0.4) is 0 Å². The molecule has 124 valence electrons.